The molecule has 0 aliphatic heterocycles. The summed E-state index contributed by atoms with van der Waals surface area (Å²) < 4.78 is 5.89. The Morgan fingerprint density at radius 1 is 1.06 bits per heavy atom. The fourth-order valence-electron chi connectivity index (χ4n) is 2.73. The molecule has 0 unspecified atom stereocenters. The first-order valence-electron chi connectivity index (χ1n) is 9.25. The Hall–Kier alpha value is -4.12. The second-order valence-corrected chi connectivity index (χ2v) is 7.30. The zero-order valence-electron chi connectivity index (χ0n) is 16.3. The number of nitrogens with two attached hydrogens (primary N) is 1. The van der Waals surface area contributed by atoms with Gasteiger partial charge < -0.3 is 15.5 Å². The molecule has 4 rings (SSSR count). The molecular formula is C20H17N7O3S. The van der Waals surface area contributed by atoms with E-state index in [1.165, 1.54) is 12.4 Å². The maximum atomic E-state index is 11.9. The van der Waals surface area contributed by atoms with Gasteiger partial charge in [0, 0.05) is 23.9 Å². The minimum Gasteiger partial charge on any atom is -0.416 e. The summed E-state index contributed by atoms with van der Waals surface area (Å²) in [7, 11) is 0. The number of benzene rings is 1. The molecule has 0 spiro atoms. The number of aromatic nitrogens is 4. The second-order valence-electron chi connectivity index (χ2n) is 6.27. The lowest BCUT2D eigenvalue weighted by Crippen LogP contribution is -2.28. The van der Waals surface area contributed by atoms with Crippen LogP contribution in [0.2, 0.25) is 0 Å². The van der Waals surface area contributed by atoms with E-state index in [1.54, 1.807) is 6.07 Å². The average Bonchev–Trinajstić information content (AvgIpc) is 3.45. The number of amides is 3. The molecule has 1 aromatic carbocycles. The Labute approximate surface area is 180 Å². The van der Waals surface area contributed by atoms with Crippen LogP contribution in [0.4, 0.5) is 10.6 Å². The molecule has 0 fully saturated rings. The van der Waals surface area contributed by atoms with Crippen LogP contribution in [0.3, 0.4) is 0 Å². The van der Waals surface area contributed by atoms with E-state index in [2.05, 4.69) is 30.8 Å². The molecule has 0 saturated heterocycles. The van der Waals surface area contributed by atoms with Crippen molar-refractivity contribution in [2.45, 2.75) is 6.92 Å². The third kappa shape index (κ3) is 4.41. The maximum absolute atomic E-state index is 11.9. The predicted octanol–water partition coefficient (Wildman–Crippen LogP) is 3.16. The molecule has 4 aromatic rings. The smallest absolute Gasteiger partial charge is 0.320 e. The third-order valence-electron chi connectivity index (χ3n) is 4.14. The molecule has 0 aliphatic carbocycles. The highest BCUT2D eigenvalue weighted by molar-refractivity contribution is 7.17. The topological polar surface area (TPSA) is 149 Å². The number of carbonyl (C=O) groups excluding carboxylic acids is 2. The zero-order valence-corrected chi connectivity index (χ0v) is 17.1. The Bertz CT molecular complexity index is 1240. The van der Waals surface area contributed by atoms with Crippen LogP contribution < -0.4 is 16.4 Å². The number of rotatable bonds is 6. The molecular weight excluding hydrogens is 418 g/mol. The van der Waals surface area contributed by atoms with Crippen LogP contribution in [-0.4, -0.2) is 38.6 Å². The summed E-state index contributed by atoms with van der Waals surface area (Å²) in [5.74, 6) is 0.271. The summed E-state index contributed by atoms with van der Waals surface area (Å²) in [4.78, 5) is 32.2. The summed E-state index contributed by atoms with van der Waals surface area (Å²) in [5.41, 5.74) is 7.18. The Morgan fingerprint density at radius 3 is 2.55 bits per heavy atom. The summed E-state index contributed by atoms with van der Waals surface area (Å²) in [6.07, 6.45) is 2.92. The van der Waals surface area contributed by atoms with Crippen molar-refractivity contribution < 1.29 is 14.0 Å². The second kappa shape index (κ2) is 8.71. The van der Waals surface area contributed by atoms with Gasteiger partial charge in [0.1, 0.15) is 15.7 Å². The lowest BCUT2D eigenvalue weighted by Gasteiger charge is -2.08. The van der Waals surface area contributed by atoms with Crippen LogP contribution in [0.5, 0.6) is 0 Å². The Kier molecular flexibility index (Phi) is 5.67. The van der Waals surface area contributed by atoms with Crippen molar-refractivity contribution in [2.24, 2.45) is 5.73 Å². The van der Waals surface area contributed by atoms with Crippen LogP contribution >= 0.6 is 11.3 Å². The number of anilines is 1. The van der Waals surface area contributed by atoms with Gasteiger partial charge in [0.15, 0.2) is 0 Å². The lowest BCUT2D eigenvalue weighted by atomic mass is 10.1. The highest BCUT2D eigenvalue weighted by atomic mass is 32.1. The third-order valence-corrected chi connectivity index (χ3v) is 5.18. The van der Waals surface area contributed by atoms with Gasteiger partial charge in [0.05, 0.1) is 11.8 Å². The monoisotopic (exact) mass is 435 g/mol. The first-order valence-corrected chi connectivity index (χ1v) is 10.1. The molecule has 11 heteroatoms. The van der Waals surface area contributed by atoms with E-state index in [0.717, 1.165) is 16.9 Å². The maximum Gasteiger partial charge on any atom is 0.320 e. The quantitative estimate of drug-likeness (QED) is 0.421. The van der Waals surface area contributed by atoms with Crippen LogP contribution in [0.25, 0.3) is 33.5 Å². The van der Waals surface area contributed by atoms with Gasteiger partial charge in [0.2, 0.25) is 11.8 Å². The van der Waals surface area contributed by atoms with E-state index >= 15 is 0 Å². The van der Waals surface area contributed by atoms with Crippen LogP contribution in [-0.2, 0) is 0 Å². The summed E-state index contributed by atoms with van der Waals surface area (Å²) in [6, 6.07) is 10.5. The summed E-state index contributed by atoms with van der Waals surface area (Å²) >= 11 is 1.12. The van der Waals surface area contributed by atoms with Gasteiger partial charge in [-0.15, -0.1) is 21.5 Å². The van der Waals surface area contributed by atoms with E-state index in [1.807, 2.05) is 37.3 Å². The number of pyridine rings is 1. The fourth-order valence-corrected chi connectivity index (χ4v) is 3.53. The summed E-state index contributed by atoms with van der Waals surface area (Å²) in [6.45, 7) is 2.28. The standard InChI is InChI=1S/C20H17N7O3S/c1-2-22-20(29)25-15-8-12(13(9-23-15)19-24-10-14(31-19)16(21)28)18-27-26-17(30-18)11-6-4-3-5-7-11/h3-10H,2H2,1H3,(H2,21,28)(H2,22,23,25,29). The Morgan fingerprint density at radius 2 is 1.84 bits per heavy atom. The van der Waals surface area contributed by atoms with Gasteiger partial charge >= 0.3 is 6.03 Å². The van der Waals surface area contributed by atoms with Crippen molar-refractivity contribution in [2.75, 3.05) is 11.9 Å². The van der Waals surface area contributed by atoms with E-state index in [4.69, 9.17) is 10.2 Å². The molecule has 31 heavy (non-hydrogen) atoms. The number of urea groups is 1. The number of hydrogen-bond acceptors (Lipinski definition) is 8. The highest BCUT2D eigenvalue weighted by Gasteiger charge is 2.20. The van der Waals surface area contributed by atoms with Crippen LogP contribution in [0.15, 0.2) is 53.2 Å². The largest absolute Gasteiger partial charge is 0.416 e. The molecule has 0 radical (unpaired) electrons. The fraction of sp³-hybridized carbons (Fsp3) is 0.100. The number of thiazole rings is 1. The van der Waals surface area contributed by atoms with Crippen molar-refractivity contribution in [3.63, 3.8) is 0 Å². The number of primary amides is 1. The molecule has 10 nitrogen and oxygen atoms in total. The van der Waals surface area contributed by atoms with Crippen LogP contribution in [0, 0.1) is 0 Å². The Balaban J connectivity index is 1.78. The first kappa shape index (κ1) is 20.2. The van der Waals surface area contributed by atoms with Crippen molar-refractivity contribution in [3.8, 4) is 33.5 Å². The first-order chi connectivity index (χ1) is 15.0. The minimum absolute atomic E-state index is 0.214. The van der Waals surface area contributed by atoms with Crippen molar-refractivity contribution >= 4 is 29.1 Å². The van der Waals surface area contributed by atoms with Crippen molar-refractivity contribution in [1.29, 1.82) is 0 Å². The number of carbonyl (C=O) groups is 2. The molecule has 0 aliphatic rings. The molecule has 0 bridgehead atoms. The molecule has 4 N–H and O–H groups in total. The lowest BCUT2D eigenvalue weighted by molar-refractivity contribution is 0.100. The van der Waals surface area contributed by atoms with Gasteiger partial charge in [0.25, 0.3) is 5.91 Å². The number of nitrogens with zero attached hydrogens (tertiary/aromatic N) is 4. The SMILES string of the molecule is CCNC(=O)Nc1cc(-c2nnc(-c3ccccc3)o2)c(-c2ncc(C(N)=O)s2)cn1. The number of nitrogens with one attached hydrogen (secondary N) is 2. The predicted molar refractivity (Wildman–Crippen MR) is 115 cm³/mol. The summed E-state index contributed by atoms with van der Waals surface area (Å²) in [5, 5.41) is 14.1. The van der Waals surface area contributed by atoms with Crippen LogP contribution in [0.1, 0.15) is 16.6 Å². The molecule has 3 aromatic heterocycles. The average molecular weight is 435 g/mol. The zero-order chi connectivity index (χ0) is 21.8. The molecule has 156 valence electrons. The van der Waals surface area contributed by atoms with Gasteiger partial charge in [-0.2, -0.15) is 0 Å². The van der Waals surface area contributed by atoms with Gasteiger partial charge in [-0.25, -0.2) is 14.8 Å². The molecule has 3 heterocycles. The van der Waals surface area contributed by atoms with E-state index < -0.39 is 11.9 Å². The molecule has 0 saturated carbocycles. The molecule has 0 atom stereocenters. The van der Waals surface area contributed by atoms with Crippen molar-refractivity contribution in [3.05, 3.63) is 53.7 Å². The van der Waals surface area contributed by atoms with E-state index in [9.17, 15) is 9.59 Å². The van der Waals surface area contributed by atoms with Gasteiger partial charge in [-0.1, -0.05) is 18.2 Å². The molecule has 3 amide bonds. The van der Waals surface area contributed by atoms with E-state index in [0.29, 0.717) is 33.4 Å². The minimum atomic E-state index is -0.572. The van der Waals surface area contributed by atoms with E-state index in [-0.39, 0.29) is 11.7 Å². The normalized spacial score (nSPS) is 10.6. The van der Waals surface area contributed by atoms with Gasteiger partial charge in [-0.3, -0.25) is 10.1 Å². The highest BCUT2D eigenvalue weighted by Crippen LogP contribution is 2.35. The van der Waals surface area contributed by atoms with Gasteiger partial charge in [-0.05, 0) is 25.1 Å². The number of hydrogen-bond donors (Lipinski definition) is 3. The van der Waals surface area contributed by atoms with Crippen molar-refractivity contribution in [1.82, 2.24) is 25.5 Å².